The molecule has 3 aromatic rings. The van der Waals surface area contributed by atoms with Crippen molar-refractivity contribution in [1.82, 2.24) is 4.98 Å². The zero-order chi connectivity index (χ0) is 17.7. The number of nitrogens with one attached hydrogen (secondary N) is 2. The Morgan fingerprint density at radius 3 is 2.20 bits per heavy atom. The molecule has 0 amide bonds. The fraction of sp³-hybridized carbons (Fsp3) is 0.105. The first-order chi connectivity index (χ1) is 12.0. The summed E-state index contributed by atoms with van der Waals surface area (Å²) in [6.45, 7) is 2.52. The molecule has 2 aromatic carbocycles. The van der Waals surface area contributed by atoms with Crippen LogP contribution in [0.3, 0.4) is 0 Å². The Bertz CT molecular complexity index is 923. The summed E-state index contributed by atoms with van der Waals surface area (Å²) in [7, 11) is -3.58. The average Bonchev–Trinajstić information content (AvgIpc) is 2.62. The zero-order valence-corrected chi connectivity index (χ0v) is 14.6. The first-order valence-electron chi connectivity index (χ1n) is 7.86. The van der Waals surface area contributed by atoms with Crippen molar-refractivity contribution in [2.24, 2.45) is 0 Å². The van der Waals surface area contributed by atoms with E-state index in [0.29, 0.717) is 12.2 Å². The Balaban J connectivity index is 1.65. The Hall–Kier alpha value is -2.86. The van der Waals surface area contributed by atoms with E-state index in [2.05, 4.69) is 15.0 Å². The van der Waals surface area contributed by atoms with E-state index in [0.717, 1.165) is 16.9 Å². The molecular weight excluding hydrogens is 334 g/mol. The molecule has 25 heavy (non-hydrogen) atoms. The van der Waals surface area contributed by atoms with Gasteiger partial charge in [0.15, 0.2) is 0 Å². The lowest BCUT2D eigenvalue weighted by Crippen LogP contribution is -2.12. The topological polar surface area (TPSA) is 71.1 Å². The van der Waals surface area contributed by atoms with Gasteiger partial charge in [-0.05, 0) is 55.5 Å². The number of pyridine rings is 1. The summed E-state index contributed by atoms with van der Waals surface area (Å²) in [4.78, 5) is 4.49. The van der Waals surface area contributed by atoms with Gasteiger partial charge in [0.2, 0.25) is 0 Å². The lowest BCUT2D eigenvalue weighted by molar-refractivity contribution is 0.601. The van der Waals surface area contributed by atoms with E-state index in [1.807, 2.05) is 37.3 Å². The van der Waals surface area contributed by atoms with Crippen molar-refractivity contribution in [1.29, 1.82) is 0 Å². The number of hydrogen-bond acceptors (Lipinski definition) is 4. The van der Waals surface area contributed by atoms with Crippen LogP contribution >= 0.6 is 0 Å². The number of benzene rings is 2. The smallest absolute Gasteiger partial charge is 0.261 e. The molecular formula is C19H19N3O2S. The van der Waals surface area contributed by atoms with Crippen LogP contribution in [0, 0.1) is 6.92 Å². The van der Waals surface area contributed by atoms with Gasteiger partial charge in [-0.2, -0.15) is 0 Å². The van der Waals surface area contributed by atoms with Crippen LogP contribution in [-0.2, 0) is 16.6 Å². The second-order valence-corrected chi connectivity index (χ2v) is 7.35. The van der Waals surface area contributed by atoms with E-state index in [4.69, 9.17) is 0 Å². The quantitative estimate of drug-likeness (QED) is 0.707. The molecule has 3 rings (SSSR count). The minimum Gasteiger partial charge on any atom is -0.379 e. The second-order valence-electron chi connectivity index (χ2n) is 5.67. The number of aromatic nitrogens is 1. The van der Waals surface area contributed by atoms with Gasteiger partial charge in [-0.15, -0.1) is 0 Å². The van der Waals surface area contributed by atoms with Gasteiger partial charge in [-0.25, -0.2) is 8.42 Å². The molecule has 0 fully saturated rings. The third-order valence-electron chi connectivity index (χ3n) is 3.67. The standard InChI is InChI=1S/C19H19N3O2S/c1-15-5-11-19(12-6-15)25(23,24)22-17-9-7-16(8-10-17)21-14-18-4-2-3-13-20-18/h2-13,21-22H,14H2,1H3. The highest BCUT2D eigenvalue weighted by molar-refractivity contribution is 7.92. The second kappa shape index (κ2) is 7.36. The zero-order valence-electron chi connectivity index (χ0n) is 13.8. The molecule has 0 atom stereocenters. The van der Waals surface area contributed by atoms with Gasteiger partial charge in [0.05, 0.1) is 17.1 Å². The summed E-state index contributed by atoms with van der Waals surface area (Å²) in [5.41, 5.74) is 3.36. The third kappa shape index (κ3) is 4.58. The molecule has 6 heteroatoms. The molecule has 0 saturated carbocycles. The van der Waals surface area contributed by atoms with Crippen molar-refractivity contribution in [3.05, 3.63) is 84.2 Å². The summed E-state index contributed by atoms with van der Waals surface area (Å²) in [6.07, 6.45) is 1.75. The van der Waals surface area contributed by atoms with E-state index in [1.165, 1.54) is 0 Å². The number of nitrogens with zero attached hydrogens (tertiary/aromatic N) is 1. The Labute approximate surface area is 147 Å². The molecule has 1 heterocycles. The SMILES string of the molecule is Cc1ccc(S(=O)(=O)Nc2ccc(NCc3ccccn3)cc2)cc1. The molecule has 0 spiro atoms. The summed E-state index contributed by atoms with van der Waals surface area (Å²) >= 11 is 0. The minimum atomic E-state index is -3.58. The molecule has 2 N–H and O–H groups in total. The molecule has 0 aliphatic rings. The van der Waals surface area contributed by atoms with Gasteiger partial charge in [0, 0.05) is 17.6 Å². The van der Waals surface area contributed by atoms with Crippen LogP contribution in [0.25, 0.3) is 0 Å². The van der Waals surface area contributed by atoms with Crippen LogP contribution in [-0.4, -0.2) is 13.4 Å². The maximum absolute atomic E-state index is 12.4. The fourth-order valence-electron chi connectivity index (χ4n) is 2.28. The minimum absolute atomic E-state index is 0.246. The van der Waals surface area contributed by atoms with Crippen LogP contribution in [0.1, 0.15) is 11.3 Å². The maximum Gasteiger partial charge on any atom is 0.261 e. The third-order valence-corrected chi connectivity index (χ3v) is 5.07. The molecule has 0 radical (unpaired) electrons. The van der Waals surface area contributed by atoms with Crippen LogP contribution in [0.15, 0.2) is 77.8 Å². The first-order valence-corrected chi connectivity index (χ1v) is 9.35. The van der Waals surface area contributed by atoms with Crippen molar-refractivity contribution >= 4 is 21.4 Å². The van der Waals surface area contributed by atoms with E-state index in [1.54, 1.807) is 42.6 Å². The largest absolute Gasteiger partial charge is 0.379 e. The van der Waals surface area contributed by atoms with Crippen LogP contribution in [0.2, 0.25) is 0 Å². The summed E-state index contributed by atoms with van der Waals surface area (Å²) in [6, 6.07) is 19.6. The normalized spacial score (nSPS) is 11.1. The first kappa shape index (κ1) is 17.0. The van der Waals surface area contributed by atoms with Gasteiger partial charge in [-0.1, -0.05) is 23.8 Å². The van der Waals surface area contributed by atoms with Gasteiger partial charge in [-0.3, -0.25) is 9.71 Å². The van der Waals surface area contributed by atoms with Gasteiger partial charge >= 0.3 is 0 Å². The lowest BCUT2D eigenvalue weighted by atomic mass is 10.2. The fourth-order valence-corrected chi connectivity index (χ4v) is 3.34. The summed E-state index contributed by atoms with van der Waals surface area (Å²) < 4.78 is 27.3. The Morgan fingerprint density at radius 1 is 0.880 bits per heavy atom. The van der Waals surface area contributed by atoms with Crippen LogP contribution < -0.4 is 10.0 Å². The van der Waals surface area contributed by atoms with E-state index < -0.39 is 10.0 Å². The molecule has 0 bridgehead atoms. The van der Waals surface area contributed by atoms with Crippen molar-refractivity contribution in [3.63, 3.8) is 0 Å². The van der Waals surface area contributed by atoms with E-state index >= 15 is 0 Å². The van der Waals surface area contributed by atoms with Gasteiger partial charge < -0.3 is 5.32 Å². The maximum atomic E-state index is 12.4. The summed E-state index contributed by atoms with van der Waals surface area (Å²) in [5.74, 6) is 0. The highest BCUT2D eigenvalue weighted by atomic mass is 32.2. The summed E-state index contributed by atoms with van der Waals surface area (Å²) in [5, 5.41) is 3.25. The van der Waals surface area contributed by atoms with Gasteiger partial charge in [0.1, 0.15) is 0 Å². The monoisotopic (exact) mass is 353 g/mol. The van der Waals surface area contributed by atoms with Crippen LogP contribution in [0.5, 0.6) is 0 Å². The van der Waals surface area contributed by atoms with Gasteiger partial charge in [0.25, 0.3) is 10.0 Å². The van der Waals surface area contributed by atoms with Crippen molar-refractivity contribution in [3.8, 4) is 0 Å². The molecule has 0 unspecified atom stereocenters. The predicted octanol–water partition coefficient (Wildman–Crippen LogP) is 3.80. The molecule has 5 nitrogen and oxygen atoms in total. The van der Waals surface area contributed by atoms with Crippen molar-refractivity contribution in [2.45, 2.75) is 18.4 Å². The van der Waals surface area contributed by atoms with E-state index in [-0.39, 0.29) is 4.90 Å². The lowest BCUT2D eigenvalue weighted by Gasteiger charge is -2.10. The number of rotatable bonds is 6. The number of anilines is 2. The molecule has 0 saturated heterocycles. The van der Waals surface area contributed by atoms with E-state index in [9.17, 15) is 8.42 Å². The van der Waals surface area contributed by atoms with Crippen LogP contribution in [0.4, 0.5) is 11.4 Å². The molecule has 128 valence electrons. The predicted molar refractivity (Wildman–Crippen MR) is 100.0 cm³/mol. The number of aryl methyl sites for hydroxylation is 1. The number of sulfonamides is 1. The molecule has 0 aliphatic carbocycles. The highest BCUT2D eigenvalue weighted by Crippen LogP contribution is 2.19. The average molecular weight is 353 g/mol. The molecule has 0 aliphatic heterocycles. The number of hydrogen-bond donors (Lipinski definition) is 2. The van der Waals surface area contributed by atoms with Crippen molar-refractivity contribution in [2.75, 3.05) is 10.0 Å². The Morgan fingerprint density at radius 2 is 1.56 bits per heavy atom. The Kier molecular flexibility index (Phi) is 5.00. The molecule has 1 aromatic heterocycles. The van der Waals surface area contributed by atoms with Crippen molar-refractivity contribution < 1.29 is 8.42 Å². The highest BCUT2D eigenvalue weighted by Gasteiger charge is 2.13.